The summed E-state index contributed by atoms with van der Waals surface area (Å²) in [5, 5.41) is 3.00. The van der Waals surface area contributed by atoms with E-state index in [-0.39, 0.29) is 18.2 Å². The Bertz CT molecular complexity index is 670. The zero-order chi connectivity index (χ0) is 20.3. The molecule has 0 aromatic heterocycles. The number of carbonyl (C=O) groups excluding carboxylic acids is 3. The molecule has 1 aliphatic carbocycles. The Morgan fingerprint density at radius 1 is 1.07 bits per heavy atom. The van der Waals surface area contributed by atoms with E-state index in [4.69, 9.17) is 14.2 Å². The Kier molecular flexibility index (Phi) is 6.27. The Balaban J connectivity index is 2.22. The smallest absolute Gasteiger partial charge is 0.354 e. The van der Waals surface area contributed by atoms with Gasteiger partial charge < -0.3 is 19.5 Å². The number of carbonyl (C=O) groups is 3. The molecule has 1 N–H and O–H groups in total. The number of nitrogens with zero attached hydrogens (tertiary/aromatic N) is 1. The number of esters is 3. The molecule has 2 heterocycles. The second-order valence-electron chi connectivity index (χ2n) is 7.58. The molecule has 1 saturated carbocycles. The van der Waals surface area contributed by atoms with Crippen molar-refractivity contribution < 1.29 is 28.6 Å². The van der Waals surface area contributed by atoms with Gasteiger partial charge in [0.2, 0.25) is 0 Å². The highest BCUT2D eigenvalue weighted by Crippen LogP contribution is 2.50. The van der Waals surface area contributed by atoms with Crippen molar-refractivity contribution in [3.63, 3.8) is 0 Å². The van der Waals surface area contributed by atoms with Crippen molar-refractivity contribution in [2.75, 3.05) is 33.9 Å². The highest BCUT2D eigenvalue weighted by Gasteiger charge is 2.59. The van der Waals surface area contributed by atoms with Gasteiger partial charge in [-0.1, -0.05) is 12.8 Å². The van der Waals surface area contributed by atoms with Gasteiger partial charge in [0, 0.05) is 5.92 Å². The number of rotatable bonds is 5. The standard InChI is InChI=1S/C20H30N2O6/c1-4-28-19(25)15-13-9-5-6-10-20(13,22-11-7-8-12-22)14(17(23)26-2)16(21-15)18(24)27-3/h13,15,21H,4-12H2,1-3H3. The molecular weight excluding hydrogens is 364 g/mol. The molecule has 2 fully saturated rings. The highest BCUT2D eigenvalue weighted by atomic mass is 16.5. The first-order valence-electron chi connectivity index (χ1n) is 10.1. The van der Waals surface area contributed by atoms with Crippen LogP contribution in [-0.2, 0) is 28.6 Å². The lowest BCUT2D eigenvalue weighted by atomic mass is 9.62. The van der Waals surface area contributed by atoms with E-state index in [0.717, 1.165) is 45.2 Å². The summed E-state index contributed by atoms with van der Waals surface area (Å²) in [4.78, 5) is 40.7. The number of hydrogen-bond donors (Lipinski definition) is 1. The fraction of sp³-hybridized carbons (Fsp3) is 0.750. The van der Waals surface area contributed by atoms with E-state index in [9.17, 15) is 14.4 Å². The summed E-state index contributed by atoms with van der Waals surface area (Å²) >= 11 is 0. The van der Waals surface area contributed by atoms with Crippen molar-refractivity contribution in [3.8, 4) is 0 Å². The van der Waals surface area contributed by atoms with E-state index in [1.54, 1.807) is 6.92 Å². The summed E-state index contributed by atoms with van der Waals surface area (Å²) in [5.74, 6) is -1.80. The zero-order valence-electron chi connectivity index (χ0n) is 16.9. The molecule has 2 aliphatic heterocycles. The number of likely N-dealkylation sites (tertiary alicyclic amines) is 1. The van der Waals surface area contributed by atoms with Gasteiger partial charge in [-0.2, -0.15) is 0 Å². The lowest BCUT2D eigenvalue weighted by molar-refractivity contribution is -0.153. The lowest BCUT2D eigenvalue weighted by Gasteiger charge is -2.55. The van der Waals surface area contributed by atoms with Gasteiger partial charge in [0.05, 0.1) is 31.9 Å². The van der Waals surface area contributed by atoms with E-state index >= 15 is 0 Å². The minimum Gasteiger partial charge on any atom is -0.466 e. The first-order chi connectivity index (χ1) is 13.5. The van der Waals surface area contributed by atoms with E-state index < -0.39 is 29.5 Å². The predicted octanol–water partition coefficient (Wildman–Crippen LogP) is 1.15. The summed E-state index contributed by atoms with van der Waals surface area (Å²) in [5.41, 5.74) is -0.403. The van der Waals surface area contributed by atoms with Gasteiger partial charge in [0.25, 0.3) is 0 Å². The van der Waals surface area contributed by atoms with Crippen LogP contribution in [-0.4, -0.2) is 68.3 Å². The summed E-state index contributed by atoms with van der Waals surface area (Å²) in [6.07, 6.45) is 5.38. The van der Waals surface area contributed by atoms with E-state index in [1.807, 2.05) is 0 Å². The molecule has 8 nitrogen and oxygen atoms in total. The van der Waals surface area contributed by atoms with Crippen LogP contribution in [0.15, 0.2) is 11.3 Å². The molecule has 0 radical (unpaired) electrons. The molecule has 156 valence electrons. The van der Waals surface area contributed by atoms with Crippen molar-refractivity contribution >= 4 is 17.9 Å². The number of nitrogens with one attached hydrogen (secondary N) is 1. The topological polar surface area (TPSA) is 94.2 Å². The van der Waals surface area contributed by atoms with Crippen molar-refractivity contribution in [1.82, 2.24) is 10.2 Å². The van der Waals surface area contributed by atoms with Crippen LogP contribution >= 0.6 is 0 Å². The zero-order valence-corrected chi connectivity index (χ0v) is 16.9. The molecule has 0 bridgehead atoms. The van der Waals surface area contributed by atoms with Crippen LogP contribution in [0.4, 0.5) is 0 Å². The molecule has 28 heavy (non-hydrogen) atoms. The van der Waals surface area contributed by atoms with Crippen LogP contribution in [0, 0.1) is 5.92 Å². The molecule has 0 amide bonds. The molecule has 0 spiro atoms. The van der Waals surface area contributed by atoms with Gasteiger partial charge in [0.1, 0.15) is 11.7 Å². The predicted molar refractivity (Wildman–Crippen MR) is 100 cm³/mol. The minimum absolute atomic E-state index is 0.0254. The Morgan fingerprint density at radius 2 is 1.75 bits per heavy atom. The first-order valence-corrected chi connectivity index (χ1v) is 10.1. The average molecular weight is 394 g/mol. The molecule has 1 saturated heterocycles. The van der Waals surface area contributed by atoms with Gasteiger partial charge in [-0.25, -0.2) is 14.4 Å². The third kappa shape index (κ3) is 3.27. The monoisotopic (exact) mass is 394 g/mol. The van der Waals surface area contributed by atoms with Gasteiger partial charge in [-0.05, 0) is 45.7 Å². The van der Waals surface area contributed by atoms with Crippen molar-refractivity contribution in [2.45, 2.75) is 57.0 Å². The summed E-state index contributed by atoms with van der Waals surface area (Å²) < 4.78 is 15.4. The van der Waals surface area contributed by atoms with Crippen LogP contribution in [0.2, 0.25) is 0 Å². The van der Waals surface area contributed by atoms with Crippen molar-refractivity contribution in [3.05, 3.63) is 11.3 Å². The number of methoxy groups -OCH3 is 2. The summed E-state index contributed by atoms with van der Waals surface area (Å²) in [6, 6.07) is -0.705. The molecule has 0 aromatic rings. The Labute approximate surface area is 165 Å². The fourth-order valence-electron chi connectivity index (χ4n) is 5.25. The molecular formula is C20H30N2O6. The van der Waals surface area contributed by atoms with Crippen molar-refractivity contribution in [2.24, 2.45) is 5.92 Å². The van der Waals surface area contributed by atoms with Crippen LogP contribution < -0.4 is 5.32 Å². The minimum atomic E-state index is -0.728. The Morgan fingerprint density at radius 3 is 2.36 bits per heavy atom. The van der Waals surface area contributed by atoms with Crippen LogP contribution in [0.3, 0.4) is 0 Å². The van der Waals surface area contributed by atoms with Gasteiger partial charge in [0.15, 0.2) is 0 Å². The second kappa shape index (κ2) is 8.51. The molecule has 0 aromatic carbocycles. The molecule has 3 rings (SSSR count). The van der Waals surface area contributed by atoms with E-state index in [1.165, 1.54) is 14.2 Å². The lowest BCUT2D eigenvalue weighted by Crippen LogP contribution is -2.68. The van der Waals surface area contributed by atoms with Crippen LogP contribution in [0.5, 0.6) is 0 Å². The van der Waals surface area contributed by atoms with Gasteiger partial charge >= 0.3 is 17.9 Å². The third-order valence-corrected chi connectivity index (χ3v) is 6.31. The fourth-order valence-corrected chi connectivity index (χ4v) is 5.25. The number of fused-ring (bicyclic) bond motifs is 1. The van der Waals surface area contributed by atoms with Gasteiger partial charge in [-0.15, -0.1) is 0 Å². The molecule has 3 aliphatic rings. The second-order valence-corrected chi connectivity index (χ2v) is 7.58. The van der Waals surface area contributed by atoms with Crippen LogP contribution in [0.25, 0.3) is 0 Å². The van der Waals surface area contributed by atoms with Gasteiger partial charge in [-0.3, -0.25) is 4.90 Å². The molecule has 8 heteroatoms. The van der Waals surface area contributed by atoms with Crippen molar-refractivity contribution in [1.29, 1.82) is 0 Å². The number of ether oxygens (including phenoxy) is 3. The largest absolute Gasteiger partial charge is 0.466 e. The number of hydrogen-bond acceptors (Lipinski definition) is 8. The average Bonchev–Trinajstić information content (AvgIpc) is 3.26. The molecule has 3 unspecified atom stereocenters. The SMILES string of the molecule is CCOC(=O)C1NC(C(=O)OC)=C(C(=O)OC)C2(N3CCCC3)CCCCC12. The third-order valence-electron chi connectivity index (χ3n) is 6.31. The maximum atomic E-state index is 12.9. The summed E-state index contributed by atoms with van der Waals surface area (Å²) in [7, 11) is 2.58. The normalized spacial score (nSPS) is 30.2. The maximum absolute atomic E-state index is 12.9. The molecule has 3 atom stereocenters. The Hall–Kier alpha value is -2.09. The first kappa shape index (κ1) is 20.6. The van der Waals surface area contributed by atoms with E-state index in [0.29, 0.717) is 12.0 Å². The van der Waals surface area contributed by atoms with E-state index in [2.05, 4.69) is 10.2 Å². The highest BCUT2D eigenvalue weighted by molar-refractivity contribution is 6.03. The summed E-state index contributed by atoms with van der Waals surface area (Å²) in [6.45, 7) is 3.65. The quantitative estimate of drug-likeness (QED) is 0.548. The van der Waals surface area contributed by atoms with Crippen LogP contribution in [0.1, 0.15) is 45.4 Å². The maximum Gasteiger partial charge on any atom is 0.354 e.